The van der Waals surface area contributed by atoms with Crippen molar-refractivity contribution >= 4 is 23.4 Å². The molecule has 7 rings (SSSR count). The van der Waals surface area contributed by atoms with E-state index in [0.29, 0.717) is 79.0 Å². The van der Waals surface area contributed by atoms with Crippen molar-refractivity contribution in [2.45, 2.75) is 147 Å². The van der Waals surface area contributed by atoms with E-state index in [1.807, 2.05) is 6.07 Å². The molecular weight excluding hydrogens is 994 g/mol. The van der Waals surface area contributed by atoms with Gasteiger partial charge in [0.15, 0.2) is 0 Å². The van der Waals surface area contributed by atoms with E-state index in [4.69, 9.17) is 24.2 Å². The number of hydrogen-bond donors (Lipinski definition) is 3. The molecule has 2 aliphatic carbocycles. The molecule has 3 N–H and O–H groups in total. The molecule has 0 radical (unpaired) electrons. The van der Waals surface area contributed by atoms with Gasteiger partial charge in [0.2, 0.25) is 5.79 Å². The van der Waals surface area contributed by atoms with E-state index in [-0.39, 0.29) is 62.5 Å². The first-order valence-electron chi connectivity index (χ1n) is 28.0. The van der Waals surface area contributed by atoms with Crippen LogP contribution >= 0.6 is 0 Å². The minimum Gasteiger partial charge on any atom is -0.459 e. The Bertz CT molecular complexity index is 2710. The average molecular weight is 1070 g/mol. The maximum absolute atomic E-state index is 15.5. The van der Waals surface area contributed by atoms with Crippen LogP contribution in [-0.4, -0.2) is 75.9 Å². The standard InChI is InChI=1S/C62H76FN5O10/c1-3-5-6-7-8-9-10-11-12-15-34-65-61(72)77-51-32-33-56-54(39-51)58-52(19-14-17-36-70)48(18-13-16-35-69)38-53-55(66-76-43-46-24-30-50(31-25-46)68(73)74)40-57(62(78-56,59(53)58)75-37-4-2)67(42-45-22-28-49(63)29-23-45)60(71)47-26-20-44(41-64)21-27-47/h4,20-33,38-39,48,52,57-59,69-70H,2-3,5-19,34-37,40,42-43H2,1H3,(H,65,72)/t48-,52+,57-,58+,59+,62+/m0/s1. The Kier molecular flexibility index (Phi) is 22.4. The summed E-state index contributed by atoms with van der Waals surface area (Å²) in [4.78, 5) is 47.9. The van der Waals surface area contributed by atoms with Crippen molar-refractivity contribution in [3.8, 4) is 17.6 Å². The van der Waals surface area contributed by atoms with Gasteiger partial charge in [-0.05, 0) is 127 Å². The molecule has 1 heterocycles. The predicted molar refractivity (Wildman–Crippen MR) is 296 cm³/mol. The van der Waals surface area contributed by atoms with Crippen LogP contribution in [0.5, 0.6) is 11.5 Å². The number of carbonyl (C=O) groups excluding carboxylic acids is 2. The number of halogens is 1. The molecule has 0 spiro atoms. The number of unbranched alkanes of at least 4 members (excludes halogenated alkanes) is 11. The van der Waals surface area contributed by atoms with Crippen LogP contribution in [0.2, 0.25) is 0 Å². The molecule has 1 aliphatic heterocycles. The fourth-order valence-electron chi connectivity index (χ4n) is 11.5. The van der Waals surface area contributed by atoms with E-state index in [1.54, 1.807) is 71.6 Å². The normalized spacial score (nSPS) is 20.5. The molecule has 3 aliphatic rings. The summed E-state index contributed by atoms with van der Waals surface area (Å²) in [5.74, 6) is -3.19. The first-order chi connectivity index (χ1) is 38.0. The fourth-order valence-corrected chi connectivity index (χ4v) is 11.5. The Labute approximate surface area is 458 Å². The molecular formula is C62H76FN5O10. The van der Waals surface area contributed by atoms with Crippen molar-refractivity contribution in [2.75, 3.05) is 26.4 Å². The average Bonchev–Trinajstić information content (AvgIpc) is 3.64. The highest BCUT2D eigenvalue weighted by Gasteiger charge is 2.65. The zero-order valence-electron chi connectivity index (χ0n) is 45.0. The summed E-state index contributed by atoms with van der Waals surface area (Å²) in [7, 11) is 0. The molecule has 416 valence electrons. The molecule has 6 atom stereocenters. The van der Waals surface area contributed by atoms with Crippen molar-refractivity contribution in [2.24, 2.45) is 22.9 Å². The number of non-ortho nitro benzene ring substituents is 1. The van der Waals surface area contributed by atoms with Gasteiger partial charge >= 0.3 is 6.09 Å². The number of fused-ring (bicyclic) bond motifs is 2. The lowest BCUT2D eigenvalue weighted by molar-refractivity contribution is -0.384. The first kappa shape index (κ1) is 58.7. The minimum absolute atomic E-state index is 0.00355. The number of oxime groups is 1. The summed E-state index contributed by atoms with van der Waals surface area (Å²) in [6.45, 7) is 6.67. The molecule has 15 nitrogen and oxygen atoms in total. The quantitative estimate of drug-likeness (QED) is 0.0187. The molecule has 0 aromatic heterocycles. The summed E-state index contributed by atoms with van der Waals surface area (Å²) in [5, 5.41) is 49.2. The lowest BCUT2D eigenvalue weighted by Gasteiger charge is -2.60. The van der Waals surface area contributed by atoms with Crippen molar-refractivity contribution < 1.29 is 48.2 Å². The third-order valence-corrected chi connectivity index (χ3v) is 15.4. The van der Waals surface area contributed by atoms with E-state index in [2.05, 4.69) is 31.0 Å². The molecule has 78 heavy (non-hydrogen) atoms. The molecule has 0 bridgehead atoms. The number of nitrogens with one attached hydrogen (secondary N) is 1. The van der Waals surface area contributed by atoms with E-state index >= 15 is 4.79 Å². The molecule has 1 fully saturated rings. The molecule has 2 amide bonds. The smallest absolute Gasteiger partial charge is 0.412 e. The van der Waals surface area contributed by atoms with E-state index in [1.165, 1.54) is 69.2 Å². The van der Waals surface area contributed by atoms with Crippen molar-refractivity contribution in [1.29, 1.82) is 5.26 Å². The van der Waals surface area contributed by atoms with Gasteiger partial charge in [-0.2, -0.15) is 5.26 Å². The number of benzene rings is 4. The van der Waals surface area contributed by atoms with Crippen LogP contribution in [0.15, 0.2) is 120 Å². The second-order valence-corrected chi connectivity index (χ2v) is 20.7. The number of hydrogen-bond acceptors (Lipinski definition) is 12. The Morgan fingerprint density at radius 2 is 1.56 bits per heavy atom. The number of nitrogens with zero attached hydrogens (tertiary/aromatic N) is 4. The number of nitriles is 1. The van der Waals surface area contributed by atoms with Gasteiger partial charge in [-0.1, -0.05) is 107 Å². The number of amides is 2. The number of carbonyl (C=O) groups is 2. The zero-order chi connectivity index (χ0) is 55.3. The van der Waals surface area contributed by atoms with Gasteiger partial charge in [-0.15, -0.1) is 6.58 Å². The monoisotopic (exact) mass is 1070 g/mol. The fraction of sp³-hybridized carbons (Fsp3) is 0.484. The van der Waals surface area contributed by atoms with Crippen LogP contribution in [0.4, 0.5) is 14.9 Å². The number of nitro groups is 1. The van der Waals surface area contributed by atoms with Crippen molar-refractivity contribution in [3.05, 3.63) is 159 Å². The highest BCUT2D eigenvalue weighted by atomic mass is 19.1. The van der Waals surface area contributed by atoms with E-state index in [0.717, 1.165) is 30.4 Å². The Hall–Kier alpha value is -6.93. The number of allylic oxidation sites excluding steroid dienone is 1. The minimum atomic E-state index is -1.67. The van der Waals surface area contributed by atoms with Crippen LogP contribution in [0.25, 0.3) is 0 Å². The second-order valence-electron chi connectivity index (χ2n) is 20.7. The summed E-state index contributed by atoms with van der Waals surface area (Å²) >= 11 is 0. The highest BCUT2D eigenvalue weighted by Crippen LogP contribution is 2.62. The molecule has 0 unspecified atom stereocenters. The number of aliphatic hydroxyl groups excluding tert-OH is 2. The summed E-state index contributed by atoms with van der Waals surface area (Å²) in [5.41, 5.74) is 3.82. The van der Waals surface area contributed by atoms with Gasteiger partial charge in [-0.25, -0.2) is 9.18 Å². The molecule has 4 aromatic carbocycles. The summed E-state index contributed by atoms with van der Waals surface area (Å²) in [6.07, 6.45) is 18.9. The van der Waals surface area contributed by atoms with Crippen LogP contribution in [0.3, 0.4) is 0 Å². The summed E-state index contributed by atoms with van der Waals surface area (Å²) in [6, 6.07) is 24.7. The Morgan fingerprint density at radius 3 is 2.22 bits per heavy atom. The van der Waals surface area contributed by atoms with Crippen LogP contribution in [-0.2, 0) is 22.7 Å². The number of ether oxygens (including phenoxy) is 3. The van der Waals surface area contributed by atoms with Crippen LogP contribution in [0, 0.1) is 45.0 Å². The largest absolute Gasteiger partial charge is 0.459 e. The lowest BCUT2D eigenvalue weighted by Crippen LogP contribution is -2.70. The third kappa shape index (κ3) is 15.2. The number of nitro benzene ring substituents is 1. The van der Waals surface area contributed by atoms with E-state index < -0.39 is 46.4 Å². The second kappa shape index (κ2) is 29.7. The number of rotatable bonds is 31. The maximum Gasteiger partial charge on any atom is 0.412 e. The SMILES string of the molecule is C=CCO[C@@]12Oc3ccc(OC(=O)NCCCCCCCCCCCC)cc3[C@H]3[C@H](CCCCO)[C@@H](CCCCO)C=C(C(=NOCc4ccc([N+](=O)[O-])cc4)C[C@@H]1N(Cc1ccc(F)cc1)C(=O)c1ccc(C#N)cc1)[C@H]32. The Morgan fingerprint density at radius 1 is 0.897 bits per heavy atom. The highest BCUT2D eigenvalue weighted by molar-refractivity contribution is 6.03. The Balaban J connectivity index is 1.33. The van der Waals surface area contributed by atoms with Crippen molar-refractivity contribution in [3.63, 3.8) is 0 Å². The van der Waals surface area contributed by atoms with Crippen molar-refractivity contribution in [1.82, 2.24) is 10.2 Å². The van der Waals surface area contributed by atoms with Gasteiger partial charge in [0.05, 0.1) is 34.8 Å². The maximum atomic E-state index is 15.5. The number of aliphatic hydroxyl groups is 2. The summed E-state index contributed by atoms with van der Waals surface area (Å²) < 4.78 is 35.2. The third-order valence-electron chi connectivity index (χ3n) is 15.4. The van der Waals surface area contributed by atoms with Gasteiger partial charge in [-0.3, -0.25) is 14.9 Å². The topological polar surface area (TPSA) is 206 Å². The molecule has 16 heteroatoms. The van der Waals surface area contributed by atoms with Gasteiger partial charge in [0, 0.05) is 61.9 Å². The molecule has 4 aromatic rings. The van der Waals surface area contributed by atoms with Crippen LogP contribution in [0.1, 0.15) is 155 Å². The lowest BCUT2D eigenvalue weighted by atomic mass is 9.55. The van der Waals surface area contributed by atoms with Crippen LogP contribution < -0.4 is 14.8 Å². The van der Waals surface area contributed by atoms with Gasteiger partial charge < -0.3 is 39.5 Å². The van der Waals surface area contributed by atoms with E-state index in [9.17, 15) is 34.8 Å². The predicted octanol–water partition coefficient (Wildman–Crippen LogP) is 12.8. The van der Waals surface area contributed by atoms with Gasteiger partial charge in [0.25, 0.3) is 11.6 Å². The van der Waals surface area contributed by atoms with Gasteiger partial charge in [0.1, 0.15) is 30.0 Å². The zero-order valence-corrected chi connectivity index (χ0v) is 45.0. The first-order valence-corrected chi connectivity index (χ1v) is 28.0. The molecule has 0 saturated heterocycles. The molecule has 1 saturated carbocycles.